The molecule has 0 radical (unpaired) electrons. The predicted octanol–water partition coefficient (Wildman–Crippen LogP) is -0.00304. The zero-order valence-corrected chi connectivity index (χ0v) is 10.1. The Morgan fingerprint density at radius 3 is 2.45 bits per heavy atom. The summed E-state index contributed by atoms with van der Waals surface area (Å²) in [5.41, 5.74) is 0.554. The molecule has 1 unspecified atom stereocenters. The Bertz CT molecular complexity index is 615. The molecule has 0 fully saturated rings. The molecule has 0 aromatic heterocycles. The molecule has 0 bridgehead atoms. The number of carbonyl (C=O) groups excluding carboxylic acids is 1. The molecular weight excluding hydrogens is 264 g/mol. The van der Waals surface area contributed by atoms with Crippen LogP contribution in [0.15, 0.2) is 18.2 Å². The molecule has 1 aromatic rings. The van der Waals surface area contributed by atoms with Gasteiger partial charge in [-0.1, -0.05) is 0 Å². The van der Waals surface area contributed by atoms with Crippen molar-refractivity contribution < 1.29 is 19.8 Å². The zero-order valence-electron chi connectivity index (χ0n) is 10.1. The van der Waals surface area contributed by atoms with E-state index in [4.69, 9.17) is 20.7 Å². The number of carboxylic acids is 1. The minimum Gasteiger partial charge on any atom is -0.479 e. The highest BCUT2D eigenvalue weighted by Crippen LogP contribution is 2.14. The van der Waals surface area contributed by atoms with E-state index < -0.39 is 24.6 Å². The van der Waals surface area contributed by atoms with Gasteiger partial charge in [0.2, 0.25) is 0 Å². The van der Waals surface area contributed by atoms with Crippen molar-refractivity contribution in [1.29, 1.82) is 10.5 Å². The van der Waals surface area contributed by atoms with E-state index in [2.05, 4.69) is 10.6 Å². The highest BCUT2D eigenvalue weighted by Gasteiger charge is 2.14. The molecule has 0 aliphatic rings. The molecule has 8 heteroatoms. The Hall–Kier alpha value is -3.10. The summed E-state index contributed by atoms with van der Waals surface area (Å²) in [4.78, 5) is 21.8. The second kappa shape index (κ2) is 6.73. The van der Waals surface area contributed by atoms with Gasteiger partial charge in [0.25, 0.3) is 0 Å². The Labute approximate surface area is 113 Å². The molecule has 20 heavy (non-hydrogen) atoms. The largest absolute Gasteiger partial charge is 0.479 e. The lowest BCUT2D eigenvalue weighted by atomic mass is 10.1. The maximum absolute atomic E-state index is 11.4. The third-order valence-electron chi connectivity index (χ3n) is 2.26. The summed E-state index contributed by atoms with van der Waals surface area (Å²) < 4.78 is 0. The fourth-order valence-corrected chi connectivity index (χ4v) is 1.26. The first-order chi connectivity index (χ1) is 9.47. The van der Waals surface area contributed by atoms with Crippen LogP contribution >= 0.6 is 0 Å². The molecule has 8 nitrogen and oxygen atoms in total. The molecule has 2 amide bonds. The van der Waals surface area contributed by atoms with Crippen LogP contribution in [0.25, 0.3) is 0 Å². The van der Waals surface area contributed by atoms with E-state index in [9.17, 15) is 9.59 Å². The van der Waals surface area contributed by atoms with Gasteiger partial charge < -0.3 is 20.8 Å². The van der Waals surface area contributed by atoms with Crippen LogP contribution in [0.3, 0.4) is 0 Å². The molecule has 0 saturated heterocycles. The summed E-state index contributed by atoms with van der Waals surface area (Å²) in [5.74, 6) is -1.45. The van der Waals surface area contributed by atoms with E-state index in [0.717, 1.165) is 0 Å². The number of nitriles is 2. The molecule has 1 rings (SSSR count). The second-order valence-corrected chi connectivity index (χ2v) is 3.67. The predicted molar refractivity (Wildman–Crippen MR) is 66.5 cm³/mol. The number of hydrogen-bond acceptors (Lipinski definition) is 5. The number of amides is 2. The number of benzene rings is 1. The van der Waals surface area contributed by atoms with Gasteiger partial charge in [-0.25, -0.2) is 9.59 Å². The molecule has 0 heterocycles. The molecule has 1 aromatic carbocycles. The normalized spacial score (nSPS) is 10.8. The summed E-state index contributed by atoms with van der Waals surface area (Å²) in [7, 11) is 0. The van der Waals surface area contributed by atoms with E-state index in [0.29, 0.717) is 0 Å². The van der Waals surface area contributed by atoms with Crippen LogP contribution in [0, 0.1) is 22.7 Å². The molecule has 0 saturated carbocycles. The number of carbonyl (C=O) groups is 2. The maximum atomic E-state index is 11.4. The molecule has 0 spiro atoms. The van der Waals surface area contributed by atoms with Crippen LogP contribution < -0.4 is 10.6 Å². The van der Waals surface area contributed by atoms with Crippen LogP contribution in [0.2, 0.25) is 0 Å². The highest BCUT2D eigenvalue weighted by atomic mass is 16.4. The van der Waals surface area contributed by atoms with Gasteiger partial charge in [0.05, 0.1) is 17.7 Å². The maximum Gasteiger partial charge on any atom is 0.334 e. The van der Waals surface area contributed by atoms with Gasteiger partial charge in [-0.05, 0) is 18.2 Å². The van der Waals surface area contributed by atoms with Gasteiger partial charge in [0.1, 0.15) is 12.1 Å². The van der Waals surface area contributed by atoms with Crippen molar-refractivity contribution >= 4 is 17.7 Å². The van der Waals surface area contributed by atoms with Crippen molar-refractivity contribution in [2.45, 2.75) is 6.10 Å². The SMILES string of the molecule is N#Cc1ccc(NC(=O)NCC(O)C(=O)O)cc1C#N. The standard InChI is InChI=1S/C12H10N4O4/c13-4-7-1-2-9(3-8(7)5-14)16-12(20)15-6-10(17)11(18)19/h1-3,10,17H,6H2,(H,18,19)(H2,15,16,20). The first kappa shape index (κ1) is 15.0. The highest BCUT2D eigenvalue weighted by molar-refractivity contribution is 5.90. The number of hydrogen-bond donors (Lipinski definition) is 4. The Balaban J connectivity index is 2.66. The van der Waals surface area contributed by atoms with E-state index >= 15 is 0 Å². The monoisotopic (exact) mass is 274 g/mol. The van der Waals surface area contributed by atoms with Crippen LogP contribution in [-0.2, 0) is 4.79 Å². The molecule has 0 aliphatic carbocycles. The fraction of sp³-hybridized carbons (Fsp3) is 0.167. The average molecular weight is 274 g/mol. The quantitative estimate of drug-likeness (QED) is 0.607. The third-order valence-corrected chi connectivity index (χ3v) is 2.26. The van der Waals surface area contributed by atoms with Gasteiger partial charge in [-0.2, -0.15) is 10.5 Å². The summed E-state index contributed by atoms with van der Waals surface area (Å²) >= 11 is 0. The smallest absolute Gasteiger partial charge is 0.334 e. The van der Waals surface area contributed by atoms with Gasteiger partial charge in [-0.15, -0.1) is 0 Å². The number of anilines is 1. The first-order valence-corrected chi connectivity index (χ1v) is 5.38. The average Bonchev–Trinajstić information content (AvgIpc) is 2.44. The van der Waals surface area contributed by atoms with Crippen molar-refractivity contribution in [2.24, 2.45) is 0 Å². The number of carboxylic acid groups (broad SMARTS) is 1. The summed E-state index contributed by atoms with van der Waals surface area (Å²) in [6, 6.07) is 7.02. The second-order valence-electron chi connectivity index (χ2n) is 3.67. The summed E-state index contributed by atoms with van der Waals surface area (Å²) in [5, 5.41) is 39.4. The van der Waals surface area contributed by atoms with Crippen LogP contribution in [0.1, 0.15) is 11.1 Å². The molecule has 102 valence electrons. The summed E-state index contributed by atoms with van der Waals surface area (Å²) in [6.07, 6.45) is -1.70. The lowest BCUT2D eigenvalue weighted by Crippen LogP contribution is -2.38. The van der Waals surface area contributed by atoms with E-state index in [1.807, 2.05) is 12.1 Å². The Kier molecular flexibility index (Phi) is 5.03. The number of aliphatic hydroxyl groups excluding tert-OH is 1. The fourth-order valence-electron chi connectivity index (χ4n) is 1.26. The molecule has 0 aliphatic heterocycles. The van der Waals surface area contributed by atoms with Crippen molar-refractivity contribution in [2.75, 3.05) is 11.9 Å². The van der Waals surface area contributed by atoms with Crippen molar-refractivity contribution in [3.8, 4) is 12.1 Å². The minimum absolute atomic E-state index is 0.107. The topological polar surface area (TPSA) is 146 Å². The van der Waals surface area contributed by atoms with Crippen LogP contribution in [-0.4, -0.2) is 34.9 Å². The van der Waals surface area contributed by atoms with Crippen LogP contribution in [0.5, 0.6) is 0 Å². The molecule has 4 N–H and O–H groups in total. The lowest BCUT2D eigenvalue weighted by molar-refractivity contribution is -0.146. The third kappa shape index (κ3) is 3.98. The van der Waals surface area contributed by atoms with Gasteiger partial charge in [0.15, 0.2) is 6.10 Å². The molecule has 1 atom stereocenters. The van der Waals surface area contributed by atoms with Crippen molar-refractivity contribution in [1.82, 2.24) is 5.32 Å². The summed E-state index contributed by atoms with van der Waals surface area (Å²) in [6.45, 7) is -0.456. The van der Waals surface area contributed by atoms with E-state index in [-0.39, 0.29) is 16.8 Å². The van der Waals surface area contributed by atoms with Crippen molar-refractivity contribution in [3.05, 3.63) is 29.3 Å². The van der Waals surface area contributed by atoms with Crippen LogP contribution in [0.4, 0.5) is 10.5 Å². The number of rotatable bonds is 4. The lowest BCUT2D eigenvalue weighted by Gasteiger charge is -2.09. The zero-order chi connectivity index (χ0) is 15.1. The number of aliphatic carboxylic acids is 1. The minimum atomic E-state index is -1.70. The Morgan fingerprint density at radius 2 is 1.90 bits per heavy atom. The number of nitrogens with one attached hydrogen (secondary N) is 2. The van der Waals surface area contributed by atoms with E-state index in [1.54, 1.807) is 0 Å². The van der Waals surface area contributed by atoms with Gasteiger partial charge in [0, 0.05) is 5.69 Å². The van der Waals surface area contributed by atoms with Gasteiger partial charge >= 0.3 is 12.0 Å². The molecular formula is C12H10N4O4. The number of urea groups is 1. The Morgan fingerprint density at radius 1 is 1.25 bits per heavy atom. The van der Waals surface area contributed by atoms with Gasteiger partial charge in [-0.3, -0.25) is 0 Å². The number of aliphatic hydroxyl groups is 1. The van der Waals surface area contributed by atoms with Crippen molar-refractivity contribution in [3.63, 3.8) is 0 Å². The number of nitrogens with zero attached hydrogens (tertiary/aromatic N) is 2. The first-order valence-electron chi connectivity index (χ1n) is 5.38. The van der Waals surface area contributed by atoms with E-state index in [1.165, 1.54) is 18.2 Å².